The van der Waals surface area contributed by atoms with Crippen molar-refractivity contribution in [1.82, 2.24) is 0 Å². The van der Waals surface area contributed by atoms with Crippen LogP contribution in [0.4, 0.5) is 5.69 Å². The van der Waals surface area contributed by atoms with Gasteiger partial charge in [-0.25, -0.2) is 0 Å². The van der Waals surface area contributed by atoms with Gasteiger partial charge < -0.3 is 19.5 Å². The third-order valence-electron chi connectivity index (χ3n) is 4.05. The van der Waals surface area contributed by atoms with Crippen LogP contribution in [0.2, 0.25) is 0 Å². The van der Waals surface area contributed by atoms with Gasteiger partial charge in [0.25, 0.3) is 5.17 Å². The Hall–Kier alpha value is -2.11. The van der Waals surface area contributed by atoms with Crippen molar-refractivity contribution in [1.29, 1.82) is 0 Å². The van der Waals surface area contributed by atoms with Crippen LogP contribution < -0.4 is 10.1 Å². The minimum atomic E-state index is -0.358. The lowest BCUT2D eigenvalue weighted by atomic mass is 9.99. The second kappa shape index (κ2) is 10.8. The number of nitrogens with one attached hydrogen (secondary N) is 1. The Labute approximate surface area is 161 Å². The van der Waals surface area contributed by atoms with Crippen LogP contribution in [0.25, 0.3) is 0 Å². The summed E-state index contributed by atoms with van der Waals surface area (Å²) < 4.78 is 16.8. The molecule has 0 aromatic heterocycles. The number of para-hydroxylation sites is 1. The molecule has 0 fully saturated rings. The summed E-state index contributed by atoms with van der Waals surface area (Å²) in [6, 6.07) is 17.8. The number of ether oxygens (including phenoxy) is 3. The van der Waals surface area contributed by atoms with Gasteiger partial charge in [0.1, 0.15) is 12.4 Å². The molecule has 0 aliphatic rings. The van der Waals surface area contributed by atoms with Crippen molar-refractivity contribution in [3.63, 3.8) is 0 Å². The van der Waals surface area contributed by atoms with Gasteiger partial charge in [-0.05, 0) is 61.3 Å². The number of anilines is 1. The highest BCUT2D eigenvalue weighted by atomic mass is 32.1. The van der Waals surface area contributed by atoms with E-state index in [0.717, 1.165) is 17.9 Å². The van der Waals surface area contributed by atoms with Crippen LogP contribution in [-0.4, -0.2) is 24.7 Å². The predicted molar refractivity (Wildman–Crippen MR) is 110 cm³/mol. The third-order valence-corrected chi connectivity index (χ3v) is 4.27. The number of benzene rings is 2. The molecule has 2 rings (SSSR count). The first-order chi connectivity index (χ1) is 12.6. The summed E-state index contributed by atoms with van der Waals surface area (Å²) >= 11 is 5.14. The van der Waals surface area contributed by atoms with Crippen molar-refractivity contribution in [2.45, 2.75) is 39.4 Å². The van der Waals surface area contributed by atoms with Crippen molar-refractivity contribution in [2.75, 3.05) is 18.5 Å². The molecule has 0 radical (unpaired) electrons. The number of hydrogen-bond donors (Lipinski definition) is 1. The molecule has 26 heavy (non-hydrogen) atoms. The van der Waals surface area contributed by atoms with Gasteiger partial charge in [-0.2, -0.15) is 0 Å². The van der Waals surface area contributed by atoms with Gasteiger partial charge in [0.15, 0.2) is 6.29 Å². The Balaban J connectivity index is 1.64. The first-order valence-electron chi connectivity index (χ1n) is 8.95. The van der Waals surface area contributed by atoms with Crippen molar-refractivity contribution in [3.05, 3.63) is 60.2 Å². The van der Waals surface area contributed by atoms with Crippen LogP contribution in [0.5, 0.6) is 5.75 Å². The number of hydrogen-bond acceptors (Lipinski definition) is 4. The molecule has 4 nitrogen and oxygen atoms in total. The highest BCUT2D eigenvalue weighted by molar-refractivity contribution is 7.80. The van der Waals surface area contributed by atoms with E-state index in [1.807, 2.05) is 49.4 Å². The smallest absolute Gasteiger partial charge is 0.261 e. The maximum Gasteiger partial charge on any atom is 0.261 e. The highest BCUT2D eigenvalue weighted by Crippen LogP contribution is 2.22. The summed E-state index contributed by atoms with van der Waals surface area (Å²) in [5.41, 5.74) is 2.22. The molecule has 5 heteroatoms. The molecular formula is C21H27NO3S. The Morgan fingerprint density at radius 1 is 1.00 bits per heavy atom. The molecule has 0 saturated carbocycles. The first kappa shape index (κ1) is 20.2. The molecule has 0 spiro atoms. The zero-order valence-electron chi connectivity index (χ0n) is 15.6. The summed E-state index contributed by atoms with van der Waals surface area (Å²) in [6.45, 7) is 7.03. The summed E-state index contributed by atoms with van der Waals surface area (Å²) in [7, 11) is 0. The van der Waals surface area contributed by atoms with Crippen LogP contribution in [0, 0.1) is 0 Å². The van der Waals surface area contributed by atoms with Crippen molar-refractivity contribution >= 4 is 23.1 Å². The second-order valence-electron chi connectivity index (χ2n) is 6.06. The van der Waals surface area contributed by atoms with Gasteiger partial charge in [0.2, 0.25) is 0 Å². The average Bonchev–Trinajstić information content (AvgIpc) is 2.66. The second-order valence-corrected chi connectivity index (χ2v) is 6.43. The summed E-state index contributed by atoms with van der Waals surface area (Å²) in [5, 5.41) is 3.34. The lowest BCUT2D eigenvalue weighted by Crippen LogP contribution is -2.21. The minimum absolute atomic E-state index is 0.328. The first-order valence-corrected chi connectivity index (χ1v) is 9.36. The number of rotatable bonds is 9. The van der Waals surface area contributed by atoms with Crippen LogP contribution >= 0.6 is 12.2 Å². The molecule has 0 heterocycles. The maximum atomic E-state index is 5.76. The monoisotopic (exact) mass is 373 g/mol. The quantitative estimate of drug-likeness (QED) is 0.364. The third kappa shape index (κ3) is 7.02. The Morgan fingerprint density at radius 2 is 1.69 bits per heavy atom. The van der Waals surface area contributed by atoms with E-state index in [0.29, 0.717) is 24.3 Å². The van der Waals surface area contributed by atoms with E-state index < -0.39 is 0 Å². The Morgan fingerprint density at radius 3 is 2.35 bits per heavy atom. The van der Waals surface area contributed by atoms with E-state index in [9.17, 15) is 0 Å². The molecular weight excluding hydrogens is 346 g/mol. The molecule has 1 N–H and O–H groups in total. The van der Waals surface area contributed by atoms with Crippen molar-refractivity contribution in [3.8, 4) is 5.75 Å². The van der Waals surface area contributed by atoms with Crippen LogP contribution in [0.3, 0.4) is 0 Å². The lowest BCUT2D eigenvalue weighted by molar-refractivity contribution is -0.0746. The minimum Gasteiger partial charge on any atom is -0.468 e. The molecule has 0 amide bonds. The normalized spacial score (nSPS) is 12.9. The fourth-order valence-electron chi connectivity index (χ4n) is 2.36. The van der Waals surface area contributed by atoms with Crippen LogP contribution in [0.1, 0.15) is 38.7 Å². The molecule has 2 unspecified atom stereocenters. The topological polar surface area (TPSA) is 39.7 Å². The van der Waals surface area contributed by atoms with E-state index in [-0.39, 0.29) is 6.29 Å². The van der Waals surface area contributed by atoms with Crippen molar-refractivity contribution in [2.24, 2.45) is 0 Å². The van der Waals surface area contributed by atoms with E-state index in [2.05, 4.69) is 31.3 Å². The standard InChI is InChI=1S/C21H27NO3S/c1-4-16(2)18-10-12-20(13-11-18)25-17(3)23-14-15-24-21(26)22-19-8-6-5-7-9-19/h5-13,16-17H,4,14-15H2,1-3H3,(H,22,26). The molecule has 0 saturated heterocycles. The van der Waals surface area contributed by atoms with E-state index in [1.165, 1.54) is 5.56 Å². The summed E-state index contributed by atoms with van der Waals surface area (Å²) in [6.07, 6.45) is 0.768. The Kier molecular flexibility index (Phi) is 8.38. The molecule has 0 aliphatic carbocycles. The molecule has 2 atom stereocenters. The lowest BCUT2D eigenvalue weighted by Gasteiger charge is -2.17. The molecule has 140 valence electrons. The van der Waals surface area contributed by atoms with Gasteiger partial charge in [0.05, 0.1) is 6.61 Å². The highest BCUT2D eigenvalue weighted by Gasteiger charge is 2.07. The van der Waals surface area contributed by atoms with E-state index in [1.54, 1.807) is 0 Å². The van der Waals surface area contributed by atoms with Gasteiger partial charge in [-0.3, -0.25) is 0 Å². The van der Waals surface area contributed by atoms with Gasteiger partial charge >= 0.3 is 0 Å². The van der Waals surface area contributed by atoms with Crippen LogP contribution in [0.15, 0.2) is 54.6 Å². The van der Waals surface area contributed by atoms with Crippen molar-refractivity contribution < 1.29 is 14.2 Å². The Bertz CT molecular complexity index is 661. The molecule has 0 bridgehead atoms. The van der Waals surface area contributed by atoms with Gasteiger partial charge in [0, 0.05) is 5.69 Å². The molecule has 2 aromatic rings. The van der Waals surface area contributed by atoms with Crippen LogP contribution in [-0.2, 0) is 9.47 Å². The SMILES string of the molecule is CCC(C)c1ccc(OC(C)OCCOC(=S)Nc2ccccc2)cc1. The van der Waals surface area contributed by atoms with E-state index in [4.69, 9.17) is 26.4 Å². The zero-order valence-corrected chi connectivity index (χ0v) is 16.4. The maximum absolute atomic E-state index is 5.76. The summed E-state index contributed by atoms with van der Waals surface area (Å²) in [5.74, 6) is 1.36. The van der Waals surface area contributed by atoms with Gasteiger partial charge in [-0.15, -0.1) is 0 Å². The largest absolute Gasteiger partial charge is 0.468 e. The summed E-state index contributed by atoms with van der Waals surface area (Å²) in [4.78, 5) is 0. The fraction of sp³-hybridized carbons (Fsp3) is 0.381. The number of thiocarbonyl (C=S) groups is 1. The average molecular weight is 374 g/mol. The zero-order chi connectivity index (χ0) is 18.8. The molecule has 2 aromatic carbocycles. The van der Waals surface area contributed by atoms with Gasteiger partial charge in [-0.1, -0.05) is 44.2 Å². The predicted octanol–water partition coefficient (Wildman–Crippen LogP) is 5.36. The fourth-order valence-corrected chi connectivity index (χ4v) is 2.56. The van der Waals surface area contributed by atoms with E-state index >= 15 is 0 Å². The molecule has 0 aliphatic heterocycles.